The van der Waals surface area contributed by atoms with Crippen molar-refractivity contribution in [3.05, 3.63) is 71.4 Å². The Hall–Kier alpha value is -4.97. The number of para-hydroxylation sites is 1. The molecule has 0 saturated carbocycles. The molecule has 256 valence electrons. The van der Waals surface area contributed by atoms with Gasteiger partial charge >= 0.3 is 24.3 Å². The van der Waals surface area contributed by atoms with Crippen molar-refractivity contribution in [1.29, 1.82) is 0 Å². The minimum absolute atomic E-state index is 0.00686. The standard InChI is InChI=1S/C25H28N4O4.2C2HF3O2/c1-16-11-19(21-5-3-4-6-22(21)27-16)14-33-20-9-7-18(8-10-20)24(31)28-25(13-23(30)29-32)12-17(2)26-15-25;2*3-2(4,5)1(6)7/h3-11,17,26,32H,12-15H2,1-2H3,(H,28,31)(H,29,30);2*(H,6,7). The Labute approximate surface area is 262 Å². The van der Waals surface area contributed by atoms with Crippen molar-refractivity contribution >= 4 is 34.7 Å². The van der Waals surface area contributed by atoms with Crippen molar-refractivity contribution < 1.29 is 65.7 Å². The van der Waals surface area contributed by atoms with Crippen molar-refractivity contribution in [2.24, 2.45) is 0 Å². The summed E-state index contributed by atoms with van der Waals surface area (Å²) in [5.41, 5.74) is 4.28. The number of nitrogens with zero attached hydrogens (tertiary/aromatic N) is 1. The van der Waals surface area contributed by atoms with Crippen LogP contribution in [0.5, 0.6) is 5.75 Å². The number of aryl methyl sites for hydroxylation is 1. The van der Waals surface area contributed by atoms with Gasteiger partial charge in [0.1, 0.15) is 12.4 Å². The van der Waals surface area contributed by atoms with Crippen molar-refractivity contribution in [2.75, 3.05) is 6.54 Å². The third-order valence-electron chi connectivity index (χ3n) is 6.41. The highest BCUT2D eigenvalue weighted by Crippen LogP contribution is 2.25. The van der Waals surface area contributed by atoms with Gasteiger partial charge in [-0.3, -0.25) is 19.8 Å². The Morgan fingerprint density at radius 1 is 0.979 bits per heavy atom. The molecule has 1 aromatic heterocycles. The smallest absolute Gasteiger partial charge is 0.489 e. The third kappa shape index (κ3) is 12.0. The van der Waals surface area contributed by atoms with E-state index in [9.17, 15) is 35.9 Å². The summed E-state index contributed by atoms with van der Waals surface area (Å²) in [4.78, 5) is 47.0. The molecule has 3 aromatic rings. The molecule has 2 aromatic carbocycles. The maximum absolute atomic E-state index is 12.9. The van der Waals surface area contributed by atoms with Gasteiger partial charge in [-0.2, -0.15) is 26.3 Å². The predicted molar refractivity (Wildman–Crippen MR) is 151 cm³/mol. The van der Waals surface area contributed by atoms with Crippen LogP contribution in [0.3, 0.4) is 0 Å². The molecule has 47 heavy (non-hydrogen) atoms. The first-order valence-corrected chi connectivity index (χ1v) is 13.4. The van der Waals surface area contributed by atoms with Crippen LogP contribution >= 0.6 is 0 Å². The molecule has 0 aliphatic carbocycles. The third-order valence-corrected chi connectivity index (χ3v) is 6.41. The number of ether oxygens (including phenoxy) is 1. The summed E-state index contributed by atoms with van der Waals surface area (Å²) >= 11 is 0. The second-order valence-corrected chi connectivity index (χ2v) is 10.3. The first-order chi connectivity index (χ1) is 21.8. The summed E-state index contributed by atoms with van der Waals surface area (Å²) in [6.45, 7) is 4.79. The number of fused-ring (bicyclic) bond motifs is 1. The molecule has 2 amide bonds. The van der Waals surface area contributed by atoms with E-state index in [4.69, 9.17) is 29.7 Å². The van der Waals surface area contributed by atoms with Gasteiger partial charge in [-0.05, 0) is 56.7 Å². The van der Waals surface area contributed by atoms with Gasteiger partial charge in [-0.25, -0.2) is 15.1 Å². The van der Waals surface area contributed by atoms with Crippen molar-refractivity contribution in [1.82, 2.24) is 21.1 Å². The Kier molecular flexibility index (Phi) is 13.0. The van der Waals surface area contributed by atoms with E-state index in [2.05, 4.69) is 15.6 Å². The van der Waals surface area contributed by atoms with Crippen LogP contribution in [0.1, 0.15) is 41.4 Å². The second-order valence-electron chi connectivity index (χ2n) is 10.3. The van der Waals surface area contributed by atoms with Crippen LogP contribution in [0.2, 0.25) is 0 Å². The van der Waals surface area contributed by atoms with Gasteiger partial charge in [0.05, 0.1) is 17.5 Å². The number of rotatable bonds is 7. The Morgan fingerprint density at radius 2 is 1.53 bits per heavy atom. The number of hydrogen-bond donors (Lipinski definition) is 6. The highest BCUT2D eigenvalue weighted by molar-refractivity contribution is 5.95. The molecule has 0 bridgehead atoms. The van der Waals surface area contributed by atoms with E-state index in [0.717, 1.165) is 22.2 Å². The molecule has 2 unspecified atom stereocenters. The first-order valence-electron chi connectivity index (χ1n) is 13.4. The van der Waals surface area contributed by atoms with Crippen LogP contribution in [-0.4, -0.2) is 74.6 Å². The van der Waals surface area contributed by atoms with E-state index in [1.54, 1.807) is 29.7 Å². The highest BCUT2D eigenvalue weighted by Gasteiger charge is 2.41. The van der Waals surface area contributed by atoms with Crippen LogP contribution in [0, 0.1) is 6.92 Å². The molecular formula is C29H30F6N4O8. The second kappa shape index (κ2) is 16.0. The van der Waals surface area contributed by atoms with Crippen molar-refractivity contribution in [2.45, 2.75) is 57.2 Å². The summed E-state index contributed by atoms with van der Waals surface area (Å²) < 4.78 is 69.4. The minimum atomic E-state index is -5.08. The average molecular weight is 677 g/mol. The van der Waals surface area contributed by atoms with Gasteiger partial charge in [0.15, 0.2) is 0 Å². The Morgan fingerprint density at radius 3 is 2.02 bits per heavy atom. The summed E-state index contributed by atoms with van der Waals surface area (Å²) in [5, 5.41) is 30.5. The molecule has 2 atom stereocenters. The average Bonchev–Trinajstić information content (AvgIpc) is 3.34. The number of nitrogens with one attached hydrogen (secondary N) is 3. The molecule has 1 fully saturated rings. The largest absolute Gasteiger partial charge is 0.490 e. The zero-order chi connectivity index (χ0) is 35.6. The SMILES string of the molecule is Cc1cc(COc2ccc(C(=O)NC3(CC(=O)NO)CNC(C)C3)cc2)c2ccccc2n1.O=C(O)C(F)(F)F.O=C(O)C(F)(F)F. The normalized spacial score (nSPS) is 17.3. The minimum Gasteiger partial charge on any atom is -0.489 e. The molecule has 1 aliphatic rings. The maximum atomic E-state index is 12.9. The molecule has 4 rings (SSSR count). The van der Waals surface area contributed by atoms with E-state index in [1.807, 2.05) is 44.2 Å². The molecule has 0 spiro atoms. The number of pyridine rings is 1. The molecule has 0 radical (unpaired) electrons. The molecular weight excluding hydrogens is 646 g/mol. The van der Waals surface area contributed by atoms with Gasteiger partial charge in [0.25, 0.3) is 5.91 Å². The number of amides is 2. The Balaban J connectivity index is 0.000000459. The molecule has 2 heterocycles. The zero-order valence-electron chi connectivity index (χ0n) is 24.7. The van der Waals surface area contributed by atoms with Crippen LogP contribution in [-0.2, 0) is 21.0 Å². The lowest BCUT2D eigenvalue weighted by Crippen LogP contribution is -2.52. The lowest BCUT2D eigenvalue weighted by Gasteiger charge is -2.29. The lowest BCUT2D eigenvalue weighted by molar-refractivity contribution is -0.193. The van der Waals surface area contributed by atoms with Gasteiger partial charge < -0.3 is 25.6 Å². The van der Waals surface area contributed by atoms with Crippen LogP contribution in [0.15, 0.2) is 54.6 Å². The number of halogens is 6. The molecule has 12 nitrogen and oxygen atoms in total. The summed E-state index contributed by atoms with van der Waals surface area (Å²) in [6, 6.07) is 17.0. The van der Waals surface area contributed by atoms with E-state index in [-0.39, 0.29) is 18.4 Å². The number of aromatic nitrogens is 1. The quantitative estimate of drug-likeness (QED) is 0.121. The van der Waals surface area contributed by atoms with E-state index < -0.39 is 35.7 Å². The number of alkyl halides is 6. The van der Waals surface area contributed by atoms with Crippen molar-refractivity contribution in [3.8, 4) is 5.75 Å². The lowest BCUT2D eigenvalue weighted by atomic mass is 9.91. The molecule has 1 saturated heterocycles. The number of benzene rings is 2. The Bertz CT molecular complexity index is 1540. The number of carboxylic acids is 2. The highest BCUT2D eigenvalue weighted by atomic mass is 19.4. The number of carbonyl (C=O) groups excluding carboxylic acids is 2. The zero-order valence-corrected chi connectivity index (χ0v) is 24.7. The van der Waals surface area contributed by atoms with Crippen LogP contribution in [0.4, 0.5) is 26.3 Å². The van der Waals surface area contributed by atoms with Gasteiger partial charge in [-0.1, -0.05) is 18.2 Å². The van der Waals surface area contributed by atoms with Gasteiger partial charge in [0.2, 0.25) is 5.91 Å². The predicted octanol–water partition coefficient (Wildman–Crippen LogP) is 4.13. The van der Waals surface area contributed by atoms with Crippen LogP contribution < -0.4 is 20.9 Å². The summed E-state index contributed by atoms with van der Waals surface area (Å²) in [7, 11) is 0. The number of carboxylic acid groups (broad SMARTS) is 2. The maximum Gasteiger partial charge on any atom is 0.490 e. The monoisotopic (exact) mass is 676 g/mol. The van der Waals surface area contributed by atoms with E-state index in [1.165, 1.54) is 0 Å². The fourth-order valence-electron chi connectivity index (χ4n) is 4.41. The molecule has 18 heteroatoms. The number of aliphatic carboxylic acids is 2. The van der Waals surface area contributed by atoms with E-state index >= 15 is 0 Å². The molecule has 1 aliphatic heterocycles. The van der Waals surface area contributed by atoms with Gasteiger partial charge in [0, 0.05) is 34.8 Å². The van der Waals surface area contributed by atoms with Crippen molar-refractivity contribution in [3.63, 3.8) is 0 Å². The van der Waals surface area contributed by atoms with Gasteiger partial charge in [-0.15, -0.1) is 0 Å². The summed E-state index contributed by atoms with van der Waals surface area (Å²) in [6.07, 6.45) is -9.58. The first kappa shape index (κ1) is 38.2. The van der Waals surface area contributed by atoms with Crippen LogP contribution in [0.25, 0.3) is 10.9 Å². The fraction of sp³-hybridized carbons (Fsp3) is 0.345. The fourth-order valence-corrected chi connectivity index (χ4v) is 4.41. The van der Waals surface area contributed by atoms with E-state index in [0.29, 0.717) is 30.9 Å². The molecule has 6 N–H and O–H groups in total. The topological polar surface area (TPSA) is 187 Å². The number of hydrogen-bond acceptors (Lipinski definition) is 8. The number of hydroxylamine groups is 1. The number of carbonyl (C=O) groups is 4. The summed E-state index contributed by atoms with van der Waals surface area (Å²) in [5.74, 6) is -5.68.